The molecule has 0 saturated heterocycles. The van der Waals surface area contributed by atoms with Crippen LogP contribution in [0.4, 0.5) is 0 Å². The molecule has 0 amide bonds. The molecule has 0 spiro atoms. The number of sulfonamides is 1. The molecule has 0 radical (unpaired) electrons. The maximum absolute atomic E-state index is 11.7. The third-order valence-electron chi connectivity index (χ3n) is 2.55. The SMILES string of the molecule is CCCS(=O)(=O)NC(C)c1cccc(C#CCN)c1. The summed E-state index contributed by atoms with van der Waals surface area (Å²) in [7, 11) is -3.21. The lowest BCUT2D eigenvalue weighted by atomic mass is 10.1. The van der Waals surface area contributed by atoms with Crippen LogP contribution in [0.1, 0.15) is 37.4 Å². The highest BCUT2D eigenvalue weighted by molar-refractivity contribution is 7.89. The van der Waals surface area contributed by atoms with Gasteiger partial charge in [0.15, 0.2) is 0 Å². The quantitative estimate of drug-likeness (QED) is 0.801. The summed E-state index contributed by atoms with van der Waals surface area (Å²) in [5.41, 5.74) is 7.06. The first-order chi connectivity index (χ1) is 8.98. The van der Waals surface area contributed by atoms with Crippen LogP contribution in [0.3, 0.4) is 0 Å². The Morgan fingerprint density at radius 1 is 1.42 bits per heavy atom. The second kappa shape index (κ2) is 7.29. The molecule has 1 atom stereocenters. The first-order valence-electron chi connectivity index (χ1n) is 6.27. The standard InChI is InChI=1S/C14H20N2O2S/c1-3-10-19(17,18)16-12(2)14-8-4-6-13(11-14)7-5-9-15/h4,6,8,11-12,16H,3,9-10,15H2,1-2H3. The van der Waals surface area contributed by atoms with Crippen LogP contribution in [0.25, 0.3) is 0 Å². The number of nitrogens with two attached hydrogens (primary N) is 1. The summed E-state index contributed by atoms with van der Waals surface area (Å²) in [6.45, 7) is 3.97. The molecule has 4 nitrogen and oxygen atoms in total. The number of hydrogen-bond acceptors (Lipinski definition) is 3. The second-order valence-electron chi connectivity index (χ2n) is 4.29. The van der Waals surface area contributed by atoms with Gasteiger partial charge < -0.3 is 5.73 Å². The van der Waals surface area contributed by atoms with Gasteiger partial charge in [0.05, 0.1) is 12.3 Å². The monoisotopic (exact) mass is 280 g/mol. The zero-order chi connectivity index (χ0) is 14.3. The van der Waals surface area contributed by atoms with Gasteiger partial charge in [-0.1, -0.05) is 30.9 Å². The highest BCUT2D eigenvalue weighted by Gasteiger charge is 2.14. The molecule has 3 N–H and O–H groups in total. The predicted molar refractivity (Wildman–Crippen MR) is 78.0 cm³/mol. The van der Waals surface area contributed by atoms with Crippen LogP contribution in [0.15, 0.2) is 24.3 Å². The third-order valence-corrected chi connectivity index (χ3v) is 4.21. The molecule has 104 valence electrons. The molecular weight excluding hydrogens is 260 g/mol. The fraction of sp³-hybridized carbons (Fsp3) is 0.429. The fourth-order valence-electron chi connectivity index (χ4n) is 1.70. The molecule has 1 aromatic carbocycles. The van der Waals surface area contributed by atoms with E-state index in [-0.39, 0.29) is 11.8 Å². The lowest BCUT2D eigenvalue weighted by Crippen LogP contribution is -2.28. The molecule has 0 aliphatic heterocycles. The zero-order valence-corrected chi connectivity index (χ0v) is 12.1. The summed E-state index contributed by atoms with van der Waals surface area (Å²) in [5, 5.41) is 0. The molecule has 0 aliphatic carbocycles. The normalized spacial score (nSPS) is 12.6. The van der Waals surface area contributed by atoms with Gasteiger partial charge in [-0.15, -0.1) is 0 Å². The van der Waals surface area contributed by atoms with Crippen molar-refractivity contribution in [1.82, 2.24) is 4.72 Å². The van der Waals surface area contributed by atoms with Gasteiger partial charge in [0.2, 0.25) is 10.0 Å². The summed E-state index contributed by atoms with van der Waals surface area (Å²) in [6, 6.07) is 7.23. The molecule has 0 fully saturated rings. The van der Waals surface area contributed by atoms with Gasteiger partial charge >= 0.3 is 0 Å². The molecular formula is C14H20N2O2S. The van der Waals surface area contributed by atoms with E-state index in [0.717, 1.165) is 11.1 Å². The van der Waals surface area contributed by atoms with Crippen molar-refractivity contribution >= 4 is 10.0 Å². The summed E-state index contributed by atoms with van der Waals surface area (Å²) in [5.74, 6) is 5.86. The minimum atomic E-state index is -3.21. The largest absolute Gasteiger partial charge is 0.320 e. The molecule has 5 heteroatoms. The van der Waals surface area contributed by atoms with Crippen molar-refractivity contribution in [1.29, 1.82) is 0 Å². The Morgan fingerprint density at radius 2 is 2.16 bits per heavy atom. The molecule has 19 heavy (non-hydrogen) atoms. The Hall–Kier alpha value is -1.35. The predicted octanol–water partition coefficient (Wildman–Crippen LogP) is 1.39. The van der Waals surface area contributed by atoms with Gasteiger partial charge in [-0.2, -0.15) is 0 Å². The second-order valence-corrected chi connectivity index (χ2v) is 6.16. The van der Waals surface area contributed by atoms with Crippen molar-refractivity contribution in [2.45, 2.75) is 26.3 Å². The van der Waals surface area contributed by atoms with E-state index in [2.05, 4.69) is 16.6 Å². The van der Waals surface area contributed by atoms with Crippen molar-refractivity contribution in [2.75, 3.05) is 12.3 Å². The Bertz CT molecular complexity index is 571. The average molecular weight is 280 g/mol. The summed E-state index contributed by atoms with van der Waals surface area (Å²) in [4.78, 5) is 0. The molecule has 0 aliphatic rings. The van der Waals surface area contributed by atoms with Crippen LogP contribution in [-0.4, -0.2) is 20.7 Å². The van der Waals surface area contributed by atoms with Gasteiger partial charge in [-0.25, -0.2) is 13.1 Å². The highest BCUT2D eigenvalue weighted by Crippen LogP contribution is 2.15. The van der Waals surface area contributed by atoms with Crippen molar-refractivity contribution in [2.24, 2.45) is 5.73 Å². The minimum absolute atomic E-state index is 0.143. The molecule has 0 saturated carbocycles. The highest BCUT2D eigenvalue weighted by atomic mass is 32.2. The van der Waals surface area contributed by atoms with Crippen LogP contribution in [0.2, 0.25) is 0 Å². The maximum Gasteiger partial charge on any atom is 0.212 e. The Morgan fingerprint density at radius 3 is 2.79 bits per heavy atom. The summed E-state index contributed by atoms with van der Waals surface area (Å²) >= 11 is 0. The van der Waals surface area contributed by atoms with Crippen molar-refractivity contribution in [3.8, 4) is 11.8 Å². The topological polar surface area (TPSA) is 72.2 Å². The number of rotatable bonds is 5. The molecule has 0 heterocycles. The minimum Gasteiger partial charge on any atom is -0.320 e. The summed E-state index contributed by atoms with van der Waals surface area (Å²) in [6.07, 6.45) is 0.601. The van der Waals surface area contributed by atoms with Crippen molar-refractivity contribution < 1.29 is 8.42 Å². The van der Waals surface area contributed by atoms with Crippen LogP contribution in [0, 0.1) is 11.8 Å². The van der Waals surface area contributed by atoms with Gasteiger partial charge in [-0.05, 0) is 31.0 Å². The van der Waals surface area contributed by atoms with E-state index in [0.29, 0.717) is 13.0 Å². The van der Waals surface area contributed by atoms with E-state index in [1.165, 1.54) is 0 Å². The van der Waals surface area contributed by atoms with E-state index in [4.69, 9.17) is 5.73 Å². The average Bonchev–Trinajstić information content (AvgIpc) is 2.36. The number of benzene rings is 1. The third kappa shape index (κ3) is 5.43. The van der Waals surface area contributed by atoms with Crippen molar-refractivity contribution in [3.05, 3.63) is 35.4 Å². The summed E-state index contributed by atoms with van der Waals surface area (Å²) < 4.78 is 26.1. The Kier molecular flexibility index (Phi) is 6.03. The van der Waals surface area contributed by atoms with Crippen LogP contribution < -0.4 is 10.5 Å². The Balaban J connectivity index is 2.85. The van der Waals surface area contributed by atoms with Gasteiger partial charge in [0.25, 0.3) is 0 Å². The lowest BCUT2D eigenvalue weighted by Gasteiger charge is -2.14. The van der Waals surface area contributed by atoms with Crippen LogP contribution in [-0.2, 0) is 10.0 Å². The van der Waals surface area contributed by atoms with E-state index in [1.807, 2.05) is 38.1 Å². The van der Waals surface area contributed by atoms with E-state index >= 15 is 0 Å². The zero-order valence-electron chi connectivity index (χ0n) is 11.3. The maximum atomic E-state index is 11.7. The van der Waals surface area contributed by atoms with Crippen LogP contribution >= 0.6 is 0 Å². The van der Waals surface area contributed by atoms with E-state index < -0.39 is 10.0 Å². The van der Waals surface area contributed by atoms with Gasteiger partial charge in [0, 0.05) is 11.6 Å². The smallest absolute Gasteiger partial charge is 0.212 e. The van der Waals surface area contributed by atoms with Gasteiger partial charge in [0.1, 0.15) is 0 Å². The molecule has 0 aromatic heterocycles. The molecule has 1 aromatic rings. The molecule has 1 rings (SSSR count). The lowest BCUT2D eigenvalue weighted by molar-refractivity contribution is 0.565. The van der Waals surface area contributed by atoms with Crippen LogP contribution in [0.5, 0.6) is 0 Å². The number of hydrogen-bond donors (Lipinski definition) is 2. The first kappa shape index (κ1) is 15.7. The van der Waals surface area contributed by atoms with Gasteiger partial charge in [-0.3, -0.25) is 0 Å². The van der Waals surface area contributed by atoms with Crippen molar-refractivity contribution in [3.63, 3.8) is 0 Å². The molecule has 0 bridgehead atoms. The van der Waals surface area contributed by atoms with E-state index in [1.54, 1.807) is 0 Å². The number of nitrogens with one attached hydrogen (secondary N) is 1. The first-order valence-corrected chi connectivity index (χ1v) is 7.92. The fourth-order valence-corrected chi connectivity index (χ4v) is 3.03. The molecule has 1 unspecified atom stereocenters. The van der Waals surface area contributed by atoms with E-state index in [9.17, 15) is 8.42 Å². The Labute approximate surface area is 115 Å².